The van der Waals surface area contributed by atoms with Gasteiger partial charge in [-0.2, -0.15) is 20.1 Å². The average molecular weight is 515 g/mol. The Morgan fingerprint density at radius 1 is 0.973 bits per heavy atom. The largest absolute Gasteiger partial charge is 0.385 e. The Bertz CT molecular complexity index is 1310. The van der Waals surface area contributed by atoms with E-state index in [0.717, 1.165) is 60.7 Å². The lowest BCUT2D eigenvalue weighted by Gasteiger charge is -2.35. The maximum atomic E-state index is 4.84. The second-order valence-corrected chi connectivity index (χ2v) is 10.5. The van der Waals surface area contributed by atoms with Gasteiger partial charge in [0.05, 0.1) is 0 Å². The van der Waals surface area contributed by atoms with Crippen LogP contribution >= 0.6 is 11.8 Å². The van der Waals surface area contributed by atoms with Gasteiger partial charge in [-0.25, -0.2) is 4.98 Å². The van der Waals surface area contributed by atoms with E-state index in [9.17, 15) is 0 Å². The zero-order valence-electron chi connectivity index (χ0n) is 20.8. The van der Waals surface area contributed by atoms with E-state index < -0.39 is 0 Å². The lowest BCUT2D eigenvalue weighted by atomic mass is 10.3. The topological polar surface area (TPSA) is 111 Å². The molecule has 2 aliphatic rings. The van der Waals surface area contributed by atoms with Gasteiger partial charge in [0.1, 0.15) is 5.82 Å². The molecule has 190 valence electrons. The molecule has 3 aromatic heterocycles. The standard InChI is InChI=1S/C26H30N10S/c1-18-16-22(34-33-18)29-24-30-25(36-14-12-35(13-15-36)23-4-2-3-11-27-23)32-26(31-24)37-21-9-7-20(8-10-21)28-17-19-5-6-19/h2-4,7-11,16,19,28H,5-6,12-15,17H2,1H3,(H2,29,30,31,32,33,34). The number of anilines is 5. The van der Waals surface area contributed by atoms with E-state index in [1.807, 2.05) is 37.4 Å². The molecule has 10 nitrogen and oxygen atoms in total. The van der Waals surface area contributed by atoms with Gasteiger partial charge in [-0.15, -0.1) is 0 Å². The molecule has 1 aromatic carbocycles. The van der Waals surface area contributed by atoms with E-state index in [0.29, 0.717) is 22.9 Å². The molecule has 4 heterocycles. The first-order chi connectivity index (χ1) is 18.2. The van der Waals surface area contributed by atoms with Crippen molar-refractivity contribution >= 4 is 41.0 Å². The minimum atomic E-state index is 0.480. The van der Waals surface area contributed by atoms with Crippen molar-refractivity contribution in [2.24, 2.45) is 5.92 Å². The molecule has 0 amide bonds. The van der Waals surface area contributed by atoms with E-state index in [1.54, 1.807) is 0 Å². The second kappa shape index (κ2) is 10.6. The van der Waals surface area contributed by atoms with Crippen LogP contribution in [0.1, 0.15) is 18.5 Å². The van der Waals surface area contributed by atoms with Crippen LogP contribution in [0, 0.1) is 12.8 Å². The molecule has 3 N–H and O–H groups in total. The Morgan fingerprint density at radius 2 is 1.78 bits per heavy atom. The van der Waals surface area contributed by atoms with Crippen molar-refractivity contribution in [2.45, 2.75) is 29.8 Å². The Balaban J connectivity index is 1.19. The molecule has 1 saturated heterocycles. The molecule has 0 radical (unpaired) electrons. The van der Waals surface area contributed by atoms with Gasteiger partial charge in [-0.3, -0.25) is 5.10 Å². The van der Waals surface area contributed by atoms with Crippen LogP contribution in [0.4, 0.5) is 29.2 Å². The summed E-state index contributed by atoms with van der Waals surface area (Å²) in [6, 6.07) is 16.4. The molecule has 4 aromatic rings. The molecule has 6 rings (SSSR count). The number of piperazine rings is 1. The summed E-state index contributed by atoms with van der Waals surface area (Å²) in [7, 11) is 0. The summed E-state index contributed by atoms with van der Waals surface area (Å²) in [5, 5.41) is 14.6. The van der Waals surface area contributed by atoms with Gasteiger partial charge < -0.3 is 20.4 Å². The van der Waals surface area contributed by atoms with E-state index in [2.05, 4.69) is 59.9 Å². The number of H-pyrrole nitrogens is 1. The number of hydrogen-bond donors (Lipinski definition) is 3. The predicted octanol–water partition coefficient (Wildman–Crippen LogP) is 4.34. The van der Waals surface area contributed by atoms with E-state index in [4.69, 9.17) is 15.0 Å². The summed E-state index contributed by atoms with van der Waals surface area (Å²) in [5.41, 5.74) is 2.11. The summed E-state index contributed by atoms with van der Waals surface area (Å²) in [5.74, 6) is 3.66. The van der Waals surface area contributed by atoms with Crippen molar-refractivity contribution in [3.05, 3.63) is 60.4 Å². The Hall–Kier alpha value is -3.86. The summed E-state index contributed by atoms with van der Waals surface area (Å²) < 4.78 is 0. The SMILES string of the molecule is Cc1cc(Nc2nc(Sc3ccc(NCC4CC4)cc3)nc(N3CCN(c4ccccn4)CC3)n2)n[nH]1. The summed E-state index contributed by atoms with van der Waals surface area (Å²) in [6.45, 7) is 6.31. The van der Waals surface area contributed by atoms with Crippen LogP contribution in [0.25, 0.3) is 0 Å². The number of nitrogens with zero attached hydrogens (tertiary/aromatic N) is 7. The van der Waals surface area contributed by atoms with Crippen molar-refractivity contribution in [2.75, 3.05) is 53.2 Å². The summed E-state index contributed by atoms with van der Waals surface area (Å²) in [6.07, 6.45) is 4.52. The minimum Gasteiger partial charge on any atom is -0.385 e. The number of rotatable bonds is 9. The Morgan fingerprint density at radius 3 is 2.49 bits per heavy atom. The van der Waals surface area contributed by atoms with Crippen molar-refractivity contribution in [3.8, 4) is 0 Å². The van der Waals surface area contributed by atoms with Gasteiger partial charge in [0, 0.05) is 61.3 Å². The molecule has 2 fully saturated rings. The smallest absolute Gasteiger partial charge is 0.234 e. The van der Waals surface area contributed by atoms with Gasteiger partial charge in [-0.1, -0.05) is 6.07 Å². The van der Waals surface area contributed by atoms with Gasteiger partial charge in [0.15, 0.2) is 11.0 Å². The lowest BCUT2D eigenvalue weighted by Crippen LogP contribution is -2.47. The molecule has 0 spiro atoms. The number of aromatic nitrogens is 6. The van der Waals surface area contributed by atoms with Crippen LogP contribution in [-0.2, 0) is 0 Å². The van der Waals surface area contributed by atoms with Gasteiger partial charge >= 0.3 is 0 Å². The number of benzene rings is 1. The summed E-state index contributed by atoms with van der Waals surface area (Å²) >= 11 is 1.53. The molecule has 1 aliphatic carbocycles. The number of aromatic amines is 1. The van der Waals surface area contributed by atoms with Gasteiger partial charge in [0.2, 0.25) is 11.9 Å². The molecule has 1 saturated carbocycles. The van der Waals surface area contributed by atoms with E-state index >= 15 is 0 Å². The fourth-order valence-electron chi connectivity index (χ4n) is 4.19. The summed E-state index contributed by atoms with van der Waals surface area (Å²) in [4.78, 5) is 24.3. The second-order valence-electron chi connectivity index (χ2n) is 9.42. The van der Waals surface area contributed by atoms with Crippen LogP contribution in [0.5, 0.6) is 0 Å². The van der Waals surface area contributed by atoms with Gasteiger partial charge in [-0.05, 0) is 73.8 Å². The van der Waals surface area contributed by atoms with Crippen LogP contribution in [0.15, 0.2) is 64.8 Å². The lowest BCUT2D eigenvalue weighted by molar-refractivity contribution is 0.629. The van der Waals surface area contributed by atoms with Crippen LogP contribution < -0.4 is 20.4 Å². The average Bonchev–Trinajstić information content (AvgIpc) is 3.68. The van der Waals surface area contributed by atoms with Crippen molar-refractivity contribution < 1.29 is 0 Å². The minimum absolute atomic E-state index is 0.480. The number of aryl methyl sites for hydroxylation is 1. The highest BCUT2D eigenvalue weighted by Crippen LogP contribution is 2.31. The highest BCUT2D eigenvalue weighted by Gasteiger charge is 2.22. The third kappa shape index (κ3) is 6.11. The molecular weight excluding hydrogens is 484 g/mol. The first kappa shape index (κ1) is 23.5. The number of pyridine rings is 1. The maximum Gasteiger partial charge on any atom is 0.234 e. The maximum absolute atomic E-state index is 4.84. The zero-order valence-corrected chi connectivity index (χ0v) is 21.6. The normalized spacial score (nSPS) is 15.6. The molecule has 11 heteroatoms. The van der Waals surface area contributed by atoms with Crippen LogP contribution in [0.2, 0.25) is 0 Å². The third-order valence-corrected chi connectivity index (χ3v) is 7.31. The third-order valence-electron chi connectivity index (χ3n) is 6.44. The molecule has 1 aliphatic heterocycles. The van der Waals surface area contributed by atoms with Crippen molar-refractivity contribution in [1.82, 2.24) is 30.1 Å². The van der Waals surface area contributed by atoms with E-state index in [-0.39, 0.29) is 0 Å². The first-order valence-corrected chi connectivity index (χ1v) is 13.5. The molecule has 0 bridgehead atoms. The molecule has 0 atom stereocenters. The first-order valence-electron chi connectivity index (χ1n) is 12.7. The fraction of sp³-hybridized carbons (Fsp3) is 0.346. The molecule has 0 unspecified atom stereocenters. The number of nitrogens with one attached hydrogen (secondary N) is 3. The van der Waals surface area contributed by atoms with Crippen molar-refractivity contribution in [1.29, 1.82) is 0 Å². The van der Waals surface area contributed by atoms with Crippen LogP contribution in [-0.4, -0.2) is 62.9 Å². The van der Waals surface area contributed by atoms with Crippen molar-refractivity contribution in [3.63, 3.8) is 0 Å². The molecular formula is C26H30N10S. The highest BCUT2D eigenvalue weighted by molar-refractivity contribution is 7.99. The monoisotopic (exact) mass is 514 g/mol. The Kier molecular flexibility index (Phi) is 6.76. The zero-order chi connectivity index (χ0) is 25.0. The fourth-order valence-corrected chi connectivity index (χ4v) is 4.93. The van der Waals surface area contributed by atoms with E-state index in [1.165, 1.54) is 24.6 Å². The number of hydrogen-bond acceptors (Lipinski definition) is 10. The molecule has 37 heavy (non-hydrogen) atoms. The Labute approximate surface area is 220 Å². The van der Waals surface area contributed by atoms with Crippen LogP contribution in [0.3, 0.4) is 0 Å². The highest BCUT2D eigenvalue weighted by atomic mass is 32.2. The predicted molar refractivity (Wildman–Crippen MR) is 147 cm³/mol. The van der Waals surface area contributed by atoms with Gasteiger partial charge in [0.25, 0.3) is 0 Å². The quantitative estimate of drug-likeness (QED) is 0.298.